The molecule has 2 amide bonds. The van der Waals surface area contributed by atoms with Gasteiger partial charge in [-0.15, -0.1) is 0 Å². The third kappa shape index (κ3) is 3.84. The SMILES string of the molecule is CC(C)S(=O)(=O)c1ccc(NC(=O)N(C)C)cc1C1CCCN1. The van der Waals surface area contributed by atoms with E-state index in [-0.39, 0.29) is 12.1 Å². The number of carbonyl (C=O) groups excluding carboxylic acids is 1. The maximum absolute atomic E-state index is 12.6. The number of carbonyl (C=O) groups is 1. The summed E-state index contributed by atoms with van der Waals surface area (Å²) in [5.41, 5.74) is 1.35. The molecule has 2 rings (SSSR count). The highest BCUT2D eigenvalue weighted by Crippen LogP contribution is 2.32. The highest BCUT2D eigenvalue weighted by Gasteiger charge is 2.28. The Morgan fingerprint density at radius 3 is 2.57 bits per heavy atom. The Hall–Kier alpha value is -1.60. The van der Waals surface area contributed by atoms with Crippen LogP contribution in [-0.2, 0) is 9.84 Å². The first-order valence-electron chi connectivity index (χ1n) is 7.83. The molecule has 0 radical (unpaired) electrons. The molecule has 0 saturated carbocycles. The van der Waals surface area contributed by atoms with Gasteiger partial charge in [0, 0.05) is 25.8 Å². The molecule has 1 aliphatic rings. The van der Waals surface area contributed by atoms with Crippen LogP contribution >= 0.6 is 0 Å². The zero-order chi connectivity index (χ0) is 17.2. The maximum atomic E-state index is 12.6. The second-order valence-corrected chi connectivity index (χ2v) is 8.79. The predicted molar refractivity (Wildman–Crippen MR) is 91.4 cm³/mol. The molecule has 7 heteroatoms. The first-order valence-corrected chi connectivity index (χ1v) is 9.37. The summed E-state index contributed by atoms with van der Waals surface area (Å²) in [5.74, 6) is 0. The molecule has 1 aromatic carbocycles. The van der Waals surface area contributed by atoms with Crippen molar-refractivity contribution >= 4 is 21.6 Å². The van der Waals surface area contributed by atoms with Gasteiger partial charge in [0.15, 0.2) is 9.84 Å². The highest BCUT2D eigenvalue weighted by molar-refractivity contribution is 7.92. The van der Waals surface area contributed by atoms with Crippen LogP contribution in [0.15, 0.2) is 23.1 Å². The van der Waals surface area contributed by atoms with Crippen LogP contribution in [0.2, 0.25) is 0 Å². The monoisotopic (exact) mass is 339 g/mol. The fourth-order valence-corrected chi connectivity index (χ4v) is 3.89. The van der Waals surface area contributed by atoms with Crippen molar-refractivity contribution in [1.82, 2.24) is 10.2 Å². The average Bonchev–Trinajstić information content (AvgIpc) is 3.00. The number of nitrogens with zero attached hydrogens (tertiary/aromatic N) is 1. The summed E-state index contributed by atoms with van der Waals surface area (Å²) < 4.78 is 25.3. The number of nitrogens with one attached hydrogen (secondary N) is 2. The van der Waals surface area contributed by atoms with Gasteiger partial charge >= 0.3 is 6.03 Å². The van der Waals surface area contributed by atoms with E-state index in [9.17, 15) is 13.2 Å². The third-order valence-electron chi connectivity index (χ3n) is 4.03. The van der Waals surface area contributed by atoms with E-state index in [4.69, 9.17) is 0 Å². The van der Waals surface area contributed by atoms with Gasteiger partial charge in [-0.1, -0.05) is 0 Å². The largest absolute Gasteiger partial charge is 0.331 e. The Morgan fingerprint density at radius 2 is 2.04 bits per heavy atom. The molecule has 0 aromatic heterocycles. The fraction of sp³-hybridized carbons (Fsp3) is 0.562. The first kappa shape index (κ1) is 17.7. The lowest BCUT2D eigenvalue weighted by Crippen LogP contribution is -2.27. The quantitative estimate of drug-likeness (QED) is 0.883. The van der Waals surface area contributed by atoms with Crippen LogP contribution in [0.25, 0.3) is 0 Å². The van der Waals surface area contributed by atoms with Crippen molar-refractivity contribution in [1.29, 1.82) is 0 Å². The van der Waals surface area contributed by atoms with E-state index in [0.717, 1.165) is 24.9 Å². The van der Waals surface area contributed by atoms with E-state index >= 15 is 0 Å². The van der Waals surface area contributed by atoms with Gasteiger partial charge in [0.2, 0.25) is 0 Å². The zero-order valence-electron chi connectivity index (χ0n) is 14.1. The molecular formula is C16H25N3O3S. The van der Waals surface area contributed by atoms with E-state index in [0.29, 0.717) is 10.6 Å². The molecule has 1 aliphatic heterocycles. The number of sulfone groups is 1. The van der Waals surface area contributed by atoms with Crippen LogP contribution in [0.1, 0.15) is 38.3 Å². The Morgan fingerprint density at radius 1 is 1.35 bits per heavy atom. The maximum Gasteiger partial charge on any atom is 0.321 e. The summed E-state index contributed by atoms with van der Waals surface area (Å²) in [6.07, 6.45) is 1.91. The molecule has 1 atom stereocenters. The van der Waals surface area contributed by atoms with E-state index in [1.165, 1.54) is 4.90 Å². The number of urea groups is 1. The van der Waals surface area contributed by atoms with E-state index in [2.05, 4.69) is 10.6 Å². The molecule has 23 heavy (non-hydrogen) atoms. The number of hydrogen-bond donors (Lipinski definition) is 2. The number of rotatable bonds is 4. The lowest BCUT2D eigenvalue weighted by molar-refractivity contribution is 0.230. The van der Waals surface area contributed by atoms with Gasteiger partial charge in [0.25, 0.3) is 0 Å². The minimum atomic E-state index is -3.37. The van der Waals surface area contributed by atoms with E-state index < -0.39 is 15.1 Å². The van der Waals surface area contributed by atoms with E-state index in [1.807, 2.05) is 0 Å². The Labute approximate surface area is 138 Å². The number of benzene rings is 1. The van der Waals surface area contributed by atoms with Crippen LogP contribution in [0.5, 0.6) is 0 Å². The minimum Gasteiger partial charge on any atom is -0.331 e. The molecule has 1 fully saturated rings. The lowest BCUT2D eigenvalue weighted by Gasteiger charge is -2.20. The topological polar surface area (TPSA) is 78.5 Å². The van der Waals surface area contributed by atoms with Gasteiger partial charge in [-0.3, -0.25) is 0 Å². The lowest BCUT2D eigenvalue weighted by atomic mass is 10.0. The molecule has 1 unspecified atom stereocenters. The third-order valence-corrected chi connectivity index (χ3v) is 6.26. The smallest absolute Gasteiger partial charge is 0.321 e. The van der Waals surface area contributed by atoms with Crippen molar-refractivity contribution in [2.45, 2.75) is 42.9 Å². The Bertz CT molecular complexity index is 678. The molecular weight excluding hydrogens is 314 g/mol. The van der Waals surface area contributed by atoms with Crippen molar-refractivity contribution in [2.75, 3.05) is 26.0 Å². The summed E-state index contributed by atoms with van der Waals surface area (Å²) in [6.45, 7) is 4.24. The zero-order valence-corrected chi connectivity index (χ0v) is 14.9. The molecule has 6 nitrogen and oxygen atoms in total. The Kier molecular flexibility index (Phi) is 5.31. The fourth-order valence-electron chi connectivity index (χ4n) is 2.60. The average molecular weight is 339 g/mol. The van der Waals surface area contributed by atoms with Crippen molar-refractivity contribution < 1.29 is 13.2 Å². The molecule has 1 heterocycles. The van der Waals surface area contributed by atoms with Crippen LogP contribution in [0, 0.1) is 0 Å². The summed E-state index contributed by atoms with van der Waals surface area (Å²) in [6, 6.07) is 4.80. The highest BCUT2D eigenvalue weighted by atomic mass is 32.2. The number of anilines is 1. The molecule has 128 valence electrons. The van der Waals surface area contributed by atoms with Crippen LogP contribution in [0.4, 0.5) is 10.5 Å². The van der Waals surface area contributed by atoms with Crippen molar-refractivity contribution in [2.24, 2.45) is 0 Å². The molecule has 1 aromatic rings. The molecule has 1 saturated heterocycles. The van der Waals surface area contributed by atoms with Crippen LogP contribution in [0.3, 0.4) is 0 Å². The van der Waals surface area contributed by atoms with Crippen molar-refractivity contribution in [3.05, 3.63) is 23.8 Å². The number of hydrogen-bond acceptors (Lipinski definition) is 4. The van der Waals surface area contributed by atoms with E-state index in [1.54, 1.807) is 46.1 Å². The summed E-state index contributed by atoms with van der Waals surface area (Å²) in [7, 11) is -0.0515. The number of amides is 2. The standard InChI is InChI=1S/C16H25N3O3S/c1-11(2)23(21,22)15-8-7-12(18-16(20)19(3)4)10-13(15)14-6-5-9-17-14/h7-8,10-11,14,17H,5-6,9H2,1-4H3,(H,18,20). The van der Waals surface area contributed by atoms with Crippen molar-refractivity contribution in [3.8, 4) is 0 Å². The van der Waals surface area contributed by atoms with Gasteiger partial charge in [-0.2, -0.15) is 0 Å². The van der Waals surface area contributed by atoms with Crippen LogP contribution in [-0.4, -0.2) is 45.2 Å². The van der Waals surface area contributed by atoms with Gasteiger partial charge in [-0.25, -0.2) is 13.2 Å². The second kappa shape index (κ2) is 6.88. The minimum absolute atomic E-state index is 0.00901. The van der Waals surface area contributed by atoms with Gasteiger partial charge in [0.05, 0.1) is 10.1 Å². The van der Waals surface area contributed by atoms with Gasteiger partial charge in [-0.05, 0) is 57.0 Å². The molecule has 2 N–H and O–H groups in total. The van der Waals surface area contributed by atoms with Gasteiger partial charge in [0.1, 0.15) is 0 Å². The summed E-state index contributed by atoms with van der Waals surface area (Å²) in [5, 5.41) is 5.64. The van der Waals surface area contributed by atoms with Crippen LogP contribution < -0.4 is 10.6 Å². The molecule has 0 spiro atoms. The van der Waals surface area contributed by atoms with Gasteiger partial charge < -0.3 is 15.5 Å². The summed E-state index contributed by atoms with van der Waals surface area (Å²) in [4.78, 5) is 13.6. The predicted octanol–water partition coefficient (Wildman–Crippen LogP) is 2.39. The summed E-state index contributed by atoms with van der Waals surface area (Å²) >= 11 is 0. The molecule has 0 aliphatic carbocycles. The molecule has 0 bridgehead atoms. The van der Waals surface area contributed by atoms with Crippen molar-refractivity contribution in [3.63, 3.8) is 0 Å². The second-order valence-electron chi connectivity index (χ2n) is 6.32. The first-order chi connectivity index (χ1) is 10.7. The Balaban J connectivity index is 2.45. The normalized spacial score (nSPS) is 18.2.